The molecule has 3 rings (SSSR count). The highest BCUT2D eigenvalue weighted by molar-refractivity contribution is 5.46. The van der Waals surface area contributed by atoms with Crippen molar-refractivity contribution in [2.75, 3.05) is 31.1 Å². The number of piperazine rings is 1. The number of rotatable bonds is 6. The largest absolute Gasteiger partial charge is 0.369 e. The van der Waals surface area contributed by atoms with Gasteiger partial charge in [-0.25, -0.2) is 9.07 Å². The van der Waals surface area contributed by atoms with Crippen molar-refractivity contribution in [3.05, 3.63) is 35.9 Å². The molecule has 1 atom stereocenters. The summed E-state index contributed by atoms with van der Waals surface area (Å²) in [5.41, 5.74) is 0.985. The zero-order chi connectivity index (χ0) is 18.7. The van der Waals surface area contributed by atoms with Crippen LogP contribution in [-0.2, 0) is 5.54 Å². The summed E-state index contributed by atoms with van der Waals surface area (Å²) in [4.78, 5) is 4.77. The fourth-order valence-corrected chi connectivity index (χ4v) is 3.53. The Bertz CT molecular complexity index is 703. The third kappa shape index (κ3) is 3.72. The molecule has 0 bridgehead atoms. The molecule has 7 heteroatoms. The summed E-state index contributed by atoms with van der Waals surface area (Å²) in [7, 11) is 0. The van der Waals surface area contributed by atoms with Gasteiger partial charge < -0.3 is 4.90 Å². The predicted octanol–water partition coefficient (Wildman–Crippen LogP) is 3.23. The monoisotopic (exact) mass is 360 g/mol. The lowest BCUT2D eigenvalue weighted by molar-refractivity contribution is 0.158. The van der Waals surface area contributed by atoms with Crippen LogP contribution < -0.4 is 4.90 Å². The number of halogens is 1. The maximum atomic E-state index is 13.1. The zero-order valence-corrected chi connectivity index (χ0v) is 16.2. The summed E-state index contributed by atoms with van der Waals surface area (Å²) in [5.74, 6) is 0.762. The minimum atomic E-state index is -0.191. The molecule has 2 heterocycles. The molecule has 1 aliphatic rings. The molecule has 1 aromatic heterocycles. The van der Waals surface area contributed by atoms with Crippen molar-refractivity contribution in [1.29, 1.82) is 0 Å². The predicted molar refractivity (Wildman–Crippen MR) is 101 cm³/mol. The molecule has 0 radical (unpaired) electrons. The number of hydrogen-bond acceptors (Lipinski definition) is 5. The summed E-state index contributed by atoms with van der Waals surface area (Å²) >= 11 is 0. The van der Waals surface area contributed by atoms with Gasteiger partial charge in [-0.05, 0) is 61.4 Å². The minimum absolute atomic E-state index is 0.0951. The maximum absolute atomic E-state index is 13.1. The lowest BCUT2D eigenvalue weighted by atomic mass is 10.0. The fourth-order valence-electron chi connectivity index (χ4n) is 3.53. The number of benzene rings is 1. The summed E-state index contributed by atoms with van der Waals surface area (Å²) in [6, 6.07) is 6.97. The van der Waals surface area contributed by atoms with E-state index in [0.717, 1.165) is 50.5 Å². The number of aromatic nitrogens is 4. The molecule has 1 saturated heterocycles. The van der Waals surface area contributed by atoms with E-state index >= 15 is 0 Å². The fraction of sp³-hybridized carbons (Fsp3) is 0.632. The zero-order valence-electron chi connectivity index (χ0n) is 16.2. The van der Waals surface area contributed by atoms with Crippen LogP contribution in [0.4, 0.5) is 10.1 Å². The number of nitrogens with zero attached hydrogens (tertiary/aromatic N) is 6. The smallest absolute Gasteiger partial charge is 0.168 e. The van der Waals surface area contributed by atoms with Crippen LogP contribution in [0.1, 0.15) is 52.4 Å². The van der Waals surface area contributed by atoms with Gasteiger partial charge >= 0.3 is 0 Å². The number of tetrazole rings is 1. The first-order valence-electron chi connectivity index (χ1n) is 9.49. The van der Waals surface area contributed by atoms with E-state index in [2.05, 4.69) is 53.0 Å². The third-order valence-electron chi connectivity index (χ3n) is 5.56. The molecule has 6 nitrogen and oxygen atoms in total. The summed E-state index contributed by atoms with van der Waals surface area (Å²) in [5, 5.41) is 12.6. The molecule has 1 aromatic carbocycles. The quantitative estimate of drug-likeness (QED) is 0.792. The van der Waals surface area contributed by atoms with Gasteiger partial charge in [-0.2, -0.15) is 0 Å². The highest BCUT2D eigenvalue weighted by Crippen LogP contribution is 2.29. The van der Waals surface area contributed by atoms with Crippen LogP contribution in [0.25, 0.3) is 0 Å². The molecule has 26 heavy (non-hydrogen) atoms. The van der Waals surface area contributed by atoms with Crippen LogP contribution in [0.3, 0.4) is 0 Å². The second-order valence-corrected chi connectivity index (χ2v) is 7.54. The molecule has 0 amide bonds. The van der Waals surface area contributed by atoms with E-state index in [9.17, 15) is 4.39 Å². The van der Waals surface area contributed by atoms with Crippen LogP contribution in [0.15, 0.2) is 24.3 Å². The van der Waals surface area contributed by atoms with Crippen molar-refractivity contribution in [3.8, 4) is 0 Å². The Kier molecular flexibility index (Phi) is 5.55. The molecular formula is C19H29FN6. The van der Waals surface area contributed by atoms with Crippen LogP contribution in [0.5, 0.6) is 0 Å². The van der Waals surface area contributed by atoms with E-state index in [1.165, 1.54) is 12.1 Å². The van der Waals surface area contributed by atoms with Gasteiger partial charge in [0.25, 0.3) is 0 Å². The molecule has 1 unspecified atom stereocenters. The van der Waals surface area contributed by atoms with Crippen molar-refractivity contribution in [2.24, 2.45) is 0 Å². The third-order valence-corrected chi connectivity index (χ3v) is 5.56. The first kappa shape index (κ1) is 18.8. The normalized spacial score (nSPS) is 17.5. The Morgan fingerprint density at radius 1 is 1.08 bits per heavy atom. The maximum Gasteiger partial charge on any atom is 0.168 e. The van der Waals surface area contributed by atoms with Gasteiger partial charge in [0, 0.05) is 31.9 Å². The van der Waals surface area contributed by atoms with E-state index in [-0.39, 0.29) is 17.4 Å². The Labute approximate surface area is 155 Å². The van der Waals surface area contributed by atoms with Crippen molar-refractivity contribution in [1.82, 2.24) is 25.1 Å². The van der Waals surface area contributed by atoms with Crippen LogP contribution in [-0.4, -0.2) is 51.3 Å². The summed E-state index contributed by atoms with van der Waals surface area (Å²) in [6.07, 6.45) is 1.94. The molecule has 142 valence electrons. The van der Waals surface area contributed by atoms with E-state index in [1.807, 2.05) is 16.8 Å². The van der Waals surface area contributed by atoms with E-state index in [1.54, 1.807) is 0 Å². The average Bonchev–Trinajstić information content (AvgIpc) is 3.14. The molecule has 1 fully saturated rings. The van der Waals surface area contributed by atoms with Gasteiger partial charge in [0.15, 0.2) is 5.82 Å². The van der Waals surface area contributed by atoms with Gasteiger partial charge in [-0.1, -0.05) is 13.8 Å². The second kappa shape index (κ2) is 7.70. The number of anilines is 1. The van der Waals surface area contributed by atoms with Crippen molar-refractivity contribution in [3.63, 3.8) is 0 Å². The van der Waals surface area contributed by atoms with E-state index < -0.39 is 0 Å². The molecule has 1 aliphatic heterocycles. The highest BCUT2D eigenvalue weighted by Gasteiger charge is 2.32. The van der Waals surface area contributed by atoms with Gasteiger partial charge in [0.1, 0.15) is 5.82 Å². The Balaban J connectivity index is 1.72. The molecule has 0 aliphatic carbocycles. The van der Waals surface area contributed by atoms with Crippen LogP contribution >= 0.6 is 0 Å². The van der Waals surface area contributed by atoms with Crippen LogP contribution in [0.2, 0.25) is 0 Å². The van der Waals surface area contributed by atoms with Gasteiger partial charge in [-0.15, -0.1) is 5.10 Å². The molecule has 0 N–H and O–H groups in total. The Morgan fingerprint density at radius 2 is 1.73 bits per heavy atom. The molecule has 0 saturated carbocycles. The second-order valence-electron chi connectivity index (χ2n) is 7.54. The lowest BCUT2D eigenvalue weighted by Gasteiger charge is -2.40. The van der Waals surface area contributed by atoms with Crippen molar-refractivity contribution >= 4 is 5.69 Å². The first-order chi connectivity index (χ1) is 12.5. The molecule has 0 spiro atoms. The van der Waals surface area contributed by atoms with Gasteiger partial charge in [-0.3, -0.25) is 4.90 Å². The summed E-state index contributed by atoms with van der Waals surface area (Å²) < 4.78 is 15.1. The Hall–Kier alpha value is -2.02. The van der Waals surface area contributed by atoms with Crippen molar-refractivity contribution in [2.45, 2.75) is 52.1 Å². The molecular weight excluding hydrogens is 331 g/mol. The van der Waals surface area contributed by atoms with Gasteiger partial charge in [0.05, 0.1) is 11.6 Å². The number of hydrogen-bond donors (Lipinski definition) is 0. The topological polar surface area (TPSA) is 50.1 Å². The van der Waals surface area contributed by atoms with Crippen LogP contribution in [0, 0.1) is 5.82 Å². The summed E-state index contributed by atoms with van der Waals surface area (Å²) in [6.45, 7) is 12.4. The standard InChI is InChI=1S/C19H29FN6/c1-5-17(18-21-22-23-26(18)19(3,4)6-2)25-13-11-24(12-14-25)16-9-7-15(20)8-10-16/h7-10,17H,5-6,11-14H2,1-4H3. The van der Waals surface area contributed by atoms with E-state index in [0.29, 0.717) is 0 Å². The van der Waals surface area contributed by atoms with Gasteiger partial charge in [0.2, 0.25) is 0 Å². The Morgan fingerprint density at radius 3 is 2.31 bits per heavy atom. The first-order valence-corrected chi connectivity index (χ1v) is 9.49. The SMILES string of the molecule is CCC(c1nnnn1C(C)(C)CC)N1CCN(c2ccc(F)cc2)CC1. The highest BCUT2D eigenvalue weighted by atomic mass is 19.1. The minimum Gasteiger partial charge on any atom is -0.369 e. The molecule has 2 aromatic rings. The average molecular weight is 360 g/mol. The lowest BCUT2D eigenvalue weighted by Crippen LogP contribution is -2.48. The van der Waals surface area contributed by atoms with Crippen molar-refractivity contribution < 1.29 is 4.39 Å². The van der Waals surface area contributed by atoms with E-state index in [4.69, 9.17) is 0 Å².